The van der Waals surface area contributed by atoms with Crippen LogP contribution in [0.25, 0.3) is 11.0 Å². The van der Waals surface area contributed by atoms with Crippen molar-refractivity contribution in [3.8, 4) is 0 Å². The van der Waals surface area contributed by atoms with Crippen molar-refractivity contribution in [3.63, 3.8) is 0 Å². The average Bonchev–Trinajstić information content (AvgIpc) is 3.26. The summed E-state index contributed by atoms with van der Waals surface area (Å²) >= 11 is 0. The highest BCUT2D eigenvalue weighted by molar-refractivity contribution is 5.94. The lowest BCUT2D eigenvalue weighted by atomic mass is 9.85. The van der Waals surface area contributed by atoms with Gasteiger partial charge in [-0.1, -0.05) is 47.7 Å². The third-order valence-electron chi connectivity index (χ3n) is 6.59. The van der Waals surface area contributed by atoms with Crippen LogP contribution in [0.1, 0.15) is 45.0 Å². The highest BCUT2D eigenvalue weighted by atomic mass is 16.5. The number of amides is 1. The lowest BCUT2D eigenvalue weighted by molar-refractivity contribution is -0.140. The first-order valence-electron chi connectivity index (χ1n) is 11.4. The standard InChI is InChI=1S/C27H26N4O3/c1-30-25-11-10-21(15-24(25)28-29-30)23(16-26(32)34-2)20-9-8-18-12-13-31(17-22(18)14-20)27(33)19-6-4-3-5-7-19/h3-11,14-15,23H,12-13,16-17H2,1-2H3. The van der Waals surface area contributed by atoms with Gasteiger partial charge in [-0.3, -0.25) is 9.59 Å². The van der Waals surface area contributed by atoms with Crippen LogP contribution in [0.3, 0.4) is 0 Å². The van der Waals surface area contributed by atoms with Gasteiger partial charge in [0.25, 0.3) is 5.91 Å². The Morgan fingerprint density at radius 2 is 1.76 bits per heavy atom. The summed E-state index contributed by atoms with van der Waals surface area (Å²) in [5.74, 6) is -0.428. The van der Waals surface area contributed by atoms with Crippen molar-refractivity contribution < 1.29 is 14.3 Å². The molecule has 7 nitrogen and oxygen atoms in total. The molecule has 0 bridgehead atoms. The Labute approximate surface area is 197 Å². The van der Waals surface area contributed by atoms with E-state index in [4.69, 9.17) is 4.74 Å². The van der Waals surface area contributed by atoms with Crippen molar-refractivity contribution in [2.24, 2.45) is 7.05 Å². The second-order valence-corrected chi connectivity index (χ2v) is 8.66. The van der Waals surface area contributed by atoms with E-state index in [1.54, 1.807) is 4.68 Å². The van der Waals surface area contributed by atoms with Crippen LogP contribution in [0.5, 0.6) is 0 Å². The summed E-state index contributed by atoms with van der Waals surface area (Å²) in [6.45, 7) is 1.24. The third kappa shape index (κ3) is 4.17. The molecule has 1 amide bonds. The number of nitrogens with zero attached hydrogens (tertiary/aromatic N) is 4. The van der Waals surface area contributed by atoms with E-state index in [-0.39, 0.29) is 24.2 Å². The molecule has 34 heavy (non-hydrogen) atoms. The summed E-state index contributed by atoms with van der Waals surface area (Å²) in [7, 11) is 3.26. The second kappa shape index (κ2) is 9.09. The highest BCUT2D eigenvalue weighted by Crippen LogP contribution is 2.33. The quantitative estimate of drug-likeness (QED) is 0.428. The number of rotatable bonds is 5. The van der Waals surface area contributed by atoms with Gasteiger partial charge in [-0.2, -0.15) is 0 Å². The number of ether oxygens (including phenoxy) is 1. The van der Waals surface area contributed by atoms with Crippen molar-refractivity contribution in [2.45, 2.75) is 25.3 Å². The first-order valence-corrected chi connectivity index (χ1v) is 11.4. The van der Waals surface area contributed by atoms with Gasteiger partial charge < -0.3 is 9.64 Å². The minimum Gasteiger partial charge on any atom is -0.469 e. The van der Waals surface area contributed by atoms with Gasteiger partial charge in [-0.15, -0.1) is 5.10 Å². The number of methoxy groups -OCH3 is 1. The molecule has 0 spiro atoms. The number of hydrogen-bond acceptors (Lipinski definition) is 5. The molecule has 2 heterocycles. The SMILES string of the molecule is COC(=O)CC(c1ccc2c(c1)CN(C(=O)c1ccccc1)CC2)c1ccc2c(c1)nnn2C. The summed E-state index contributed by atoms with van der Waals surface area (Å²) in [5.41, 5.74) is 6.76. The Hall–Kier alpha value is -4.00. The van der Waals surface area contributed by atoms with Gasteiger partial charge >= 0.3 is 5.97 Å². The summed E-state index contributed by atoms with van der Waals surface area (Å²) in [6.07, 6.45) is 1.02. The van der Waals surface area contributed by atoms with E-state index >= 15 is 0 Å². The highest BCUT2D eigenvalue weighted by Gasteiger charge is 2.25. The minimum atomic E-state index is -0.275. The molecule has 1 aromatic heterocycles. The van der Waals surface area contributed by atoms with E-state index in [1.165, 1.54) is 12.7 Å². The number of aryl methyl sites for hydroxylation is 1. The number of carbonyl (C=O) groups excluding carboxylic acids is 2. The summed E-state index contributed by atoms with van der Waals surface area (Å²) in [6, 6.07) is 21.7. The van der Waals surface area contributed by atoms with Gasteiger partial charge in [0.05, 0.1) is 19.0 Å². The molecule has 0 saturated heterocycles. The topological polar surface area (TPSA) is 77.3 Å². The Morgan fingerprint density at radius 3 is 2.56 bits per heavy atom. The van der Waals surface area contributed by atoms with Crippen LogP contribution in [0.2, 0.25) is 0 Å². The normalized spacial score (nSPS) is 14.0. The fourth-order valence-corrected chi connectivity index (χ4v) is 4.68. The maximum atomic E-state index is 13.0. The molecule has 172 valence electrons. The molecule has 7 heteroatoms. The van der Waals surface area contributed by atoms with Gasteiger partial charge in [-0.05, 0) is 52.9 Å². The first kappa shape index (κ1) is 21.8. The molecular weight excluding hydrogens is 428 g/mol. The minimum absolute atomic E-state index is 0.0378. The van der Waals surface area contributed by atoms with Crippen LogP contribution < -0.4 is 0 Å². The lowest BCUT2D eigenvalue weighted by Crippen LogP contribution is -2.36. The number of benzene rings is 3. The van der Waals surface area contributed by atoms with Gasteiger partial charge in [0.1, 0.15) is 5.52 Å². The molecule has 1 atom stereocenters. The zero-order valence-corrected chi connectivity index (χ0v) is 19.3. The number of esters is 1. The predicted molar refractivity (Wildman–Crippen MR) is 128 cm³/mol. The van der Waals surface area contributed by atoms with Crippen LogP contribution >= 0.6 is 0 Å². The van der Waals surface area contributed by atoms with Crippen molar-refractivity contribution >= 4 is 22.9 Å². The van der Waals surface area contributed by atoms with Crippen molar-refractivity contribution in [1.29, 1.82) is 0 Å². The predicted octanol–water partition coefficient (Wildman–Crippen LogP) is 3.86. The van der Waals surface area contributed by atoms with E-state index in [2.05, 4.69) is 28.5 Å². The zero-order chi connectivity index (χ0) is 23.7. The molecule has 0 fully saturated rings. The number of aromatic nitrogens is 3. The van der Waals surface area contributed by atoms with Crippen molar-refractivity contribution in [2.75, 3.05) is 13.7 Å². The average molecular weight is 455 g/mol. The Balaban J connectivity index is 1.48. The maximum absolute atomic E-state index is 13.0. The number of carbonyl (C=O) groups is 2. The number of hydrogen-bond donors (Lipinski definition) is 0. The molecule has 5 rings (SSSR count). The van der Waals surface area contributed by atoms with Crippen LogP contribution in [0, 0.1) is 0 Å². The van der Waals surface area contributed by atoms with E-state index in [0.29, 0.717) is 18.7 Å². The summed E-state index contributed by atoms with van der Waals surface area (Å²) in [4.78, 5) is 27.2. The van der Waals surface area contributed by atoms with E-state index in [0.717, 1.165) is 34.1 Å². The van der Waals surface area contributed by atoms with E-state index in [1.807, 2.05) is 60.5 Å². The smallest absolute Gasteiger partial charge is 0.306 e. The fraction of sp³-hybridized carbons (Fsp3) is 0.259. The van der Waals surface area contributed by atoms with Crippen molar-refractivity contribution in [1.82, 2.24) is 19.9 Å². The van der Waals surface area contributed by atoms with E-state index < -0.39 is 0 Å². The Bertz CT molecular complexity index is 1360. The summed E-state index contributed by atoms with van der Waals surface area (Å²) < 4.78 is 6.73. The lowest BCUT2D eigenvalue weighted by Gasteiger charge is -2.30. The molecule has 1 aliphatic rings. The maximum Gasteiger partial charge on any atom is 0.306 e. The van der Waals surface area contributed by atoms with Gasteiger partial charge in [0.2, 0.25) is 0 Å². The van der Waals surface area contributed by atoms with E-state index in [9.17, 15) is 9.59 Å². The Kier molecular flexibility index (Phi) is 5.84. The van der Waals surface area contributed by atoms with Crippen LogP contribution in [0.15, 0.2) is 66.7 Å². The molecule has 3 aromatic carbocycles. The first-order chi connectivity index (χ1) is 16.5. The third-order valence-corrected chi connectivity index (χ3v) is 6.59. The van der Waals surface area contributed by atoms with Gasteiger partial charge in [0, 0.05) is 31.6 Å². The molecular formula is C27H26N4O3. The van der Waals surface area contributed by atoms with Gasteiger partial charge in [-0.25, -0.2) is 4.68 Å². The molecule has 1 unspecified atom stereocenters. The fourth-order valence-electron chi connectivity index (χ4n) is 4.68. The number of fused-ring (bicyclic) bond motifs is 2. The molecule has 1 aliphatic heterocycles. The molecule has 4 aromatic rings. The molecule has 0 radical (unpaired) electrons. The largest absolute Gasteiger partial charge is 0.469 e. The molecule has 0 saturated carbocycles. The van der Waals surface area contributed by atoms with Gasteiger partial charge in [0.15, 0.2) is 0 Å². The van der Waals surface area contributed by atoms with Crippen molar-refractivity contribution in [3.05, 3.63) is 94.5 Å². The van der Waals surface area contributed by atoms with Crippen LogP contribution in [-0.2, 0) is 29.5 Å². The zero-order valence-electron chi connectivity index (χ0n) is 19.3. The van der Waals surface area contributed by atoms with Crippen LogP contribution in [-0.4, -0.2) is 45.4 Å². The second-order valence-electron chi connectivity index (χ2n) is 8.66. The van der Waals surface area contributed by atoms with Crippen LogP contribution in [0.4, 0.5) is 0 Å². The Morgan fingerprint density at radius 1 is 1.00 bits per heavy atom. The monoisotopic (exact) mass is 454 g/mol. The molecule has 0 N–H and O–H groups in total. The summed E-state index contributed by atoms with van der Waals surface area (Å²) in [5, 5.41) is 8.33. The molecule has 0 aliphatic carbocycles.